The summed E-state index contributed by atoms with van der Waals surface area (Å²) in [5.74, 6) is -1.08. The number of fused-ring (bicyclic) bond motifs is 1. The predicted molar refractivity (Wildman–Crippen MR) is 137 cm³/mol. The van der Waals surface area contributed by atoms with Crippen LogP contribution >= 0.6 is 11.6 Å². The standard InChI is InChI=1S/C28H23ClN2O4/c1-3-35-20-13-11-17(12-14-20)26(32)24-25(23-16(2)30-22-10-5-4-9-21(22)23)31(28(34)27(24)33)19-8-6-7-18(29)15-19/h4-15,25,30,32H,3H2,1-2H3/b26-24+. The van der Waals surface area contributed by atoms with Crippen LogP contribution in [0, 0.1) is 6.92 Å². The molecule has 35 heavy (non-hydrogen) atoms. The van der Waals surface area contributed by atoms with Crippen LogP contribution < -0.4 is 9.64 Å². The molecule has 1 fully saturated rings. The monoisotopic (exact) mass is 486 g/mol. The zero-order chi connectivity index (χ0) is 24.7. The van der Waals surface area contributed by atoms with Gasteiger partial charge < -0.3 is 14.8 Å². The van der Waals surface area contributed by atoms with E-state index in [1.54, 1.807) is 48.5 Å². The molecule has 7 heteroatoms. The van der Waals surface area contributed by atoms with Gasteiger partial charge in [-0.3, -0.25) is 14.5 Å². The number of ether oxygens (including phenoxy) is 1. The van der Waals surface area contributed by atoms with Gasteiger partial charge in [0.25, 0.3) is 11.7 Å². The Hall–Kier alpha value is -4.03. The molecule has 4 aromatic rings. The highest BCUT2D eigenvalue weighted by Crippen LogP contribution is 2.45. The molecule has 0 bridgehead atoms. The first-order valence-electron chi connectivity index (χ1n) is 11.3. The highest BCUT2D eigenvalue weighted by Gasteiger charge is 2.48. The number of aromatic nitrogens is 1. The van der Waals surface area contributed by atoms with Crippen molar-refractivity contribution in [2.24, 2.45) is 0 Å². The molecule has 1 aliphatic heterocycles. The van der Waals surface area contributed by atoms with Crippen molar-refractivity contribution in [3.63, 3.8) is 0 Å². The topological polar surface area (TPSA) is 82.6 Å². The summed E-state index contributed by atoms with van der Waals surface area (Å²) in [6, 6.07) is 20.4. The van der Waals surface area contributed by atoms with Crippen molar-refractivity contribution < 1.29 is 19.4 Å². The van der Waals surface area contributed by atoms with Crippen LogP contribution in [0.15, 0.2) is 78.4 Å². The summed E-state index contributed by atoms with van der Waals surface area (Å²) >= 11 is 6.24. The summed E-state index contributed by atoms with van der Waals surface area (Å²) < 4.78 is 5.49. The maximum absolute atomic E-state index is 13.4. The molecule has 0 spiro atoms. The van der Waals surface area contributed by atoms with Gasteiger partial charge in [-0.2, -0.15) is 0 Å². The second kappa shape index (κ2) is 8.96. The minimum Gasteiger partial charge on any atom is -0.507 e. The number of carbonyl (C=O) groups is 2. The van der Waals surface area contributed by atoms with E-state index >= 15 is 0 Å². The van der Waals surface area contributed by atoms with E-state index in [0.717, 1.165) is 22.2 Å². The second-order valence-corrected chi connectivity index (χ2v) is 8.75. The third-order valence-electron chi connectivity index (χ3n) is 6.19. The summed E-state index contributed by atoms with van der Waals surface area (Å²) in [5.41, 5.74) is 3.32. The van der Waals surface area contributed by atoms with Gasteiger partial charge in [-0.25, -0.2) is 0 Å². The average molecular weight is 487 g/mol. The number of benzene rings is 3. The average Bonchev–Trinajstić information content (AvgIpc) is 3.31. The number of hydrogen-bond acceptors (Lipinski definition) is 4. The van der Waals surface area contributed by atoms with Gasteiger partial charge in [-0.15, -0.1) is 0 Å². The van der Waals surface area contributed by atoms with Crippen LogP contribution in [0.4, 0.5) is 5.69 Å². The van der Waals surface area contributed by atoms with E-state index in [1.807, 2.05) is 38.1 Å². The minimum atomic E-state index is -0.851. The molecule has 1 saturated heterocycles. The number of aryl methyl sites for hydroxylation is 1. The van der Waals surface area contributed by atoms with E-state index in [0.29, 0.717) is 28.6 Å². The van der Waals surface area contributed by atoms with Gasteiger partial charge in [0.05, 0.1) is 18.2 Å². The number of ketones is 1. The third-order valence-corrected chi connectivity index (χ3v) is 6.42. The Kier molecular flexibility index (Phi) is 5.83. The number of aliphatic hydroxyl groups is 1. The first-order valence-corrected chi connectivity index (χ1v) is 11.7. The number of anilines is 1. The first-order chi connectivity index (χ1) is 16.9. The van der Waals surface area contributed by atoms with Crippen LogP contribution in [0.5, 0.6) is 5.75 Å². The number of nitrogens with zero attached hydrogens (tertiary/aromatic N) is 1. The highest BCUT2D eigenvalue weighted by atomic mass is 35.5. The summed E-state index contributed by atoms with van der Waals surface area (Å²) in [6.45, 7) is 4.29. The zero-order valence-corrected chi connectivity index (χ0v) is 20.0. The van der Waals surface area contributed by atoms with Gasteiger partial charge in [-0.05, 0) is 62.4 Å². The Balaban J connectivity index is 1.76. The Morgan fingerprint density at radius 1 is 1.06 bits per heavy atom. The van der Waals surface area contributed by atoms with Crippen molar-refractivity contribution in [1.82, 2.24) is 4.98 Å². The van der Waals surface area contributed by atoms with Crippen LogP contribution in [-0.4, -0.2) is 28.4 Å². The maximum atomic E-state index is 13.4. The number of Topliss-reactive ketones (excluding diaryl/α,β-unsaturated/α-hetero) is 1. The SMILES string of the molecule is CCOc1ccc(/C(O)=C2\C(=O)C(=O)N(c3cccc(Cl)c3)C2c2c(C)[nH]c3ccccc23)cc1. The molecular weight excluding hydrogens is 464 g/mol. The highest BCUT2D eigenvalue weighted by molar-refractivity contribution is 6.52. The molecule has 2 N–H and O–H groups in total. The van der Waals surface area contributed by atoms with E-state index in [4.69, 9.17) is 16.3 Å². The molecule has 3 aromatic carbocycles. The van der Waals surface area contributed by atoms with Gasteiger partial charge in [0.15, 0.2) is 0 Å². The number of hydrogen-bond donors (Lipinski definition) is 2. The van der Waals surface area contributed by atoms with Gasteiger partial charge in [0.2, 0.25) is 0 Å². The molecule has 1 unspecified atom stereocenters. The lowest BCUT2D eigenvalue weighted by atomic mass is 9.93. The fourth-order valence-corrected chi connectivity index (χ4v) is 4.86. The molecule has 176 valence electrons. The minimum absolute atomic E-state index is 0.0204. The molecule has 2 heterocycles. The summed E-state index contributed by atoms with van der Waals surface area (Å²) in [7, 11) is 0. The molecule has 0 saturated carbocycles. The molecular formula is C28H23ClN2O4. The summed E-state index contributed by atoms with van der Waals surface area (Å²) in [6.07, 6.45) is 0. The van der Waals surface area contributed by atoms with Crippen LogP contribution in [0.2, 0.25) is 5.02 Å². The van der Waals surface area contributed by atoms with Gasteiger partial charge >= 0.3 is 0 Å². The van der Waals surface area contributed by atoms with E-state index in [2.05, 4.69) is 4.98 Å². The molecule has 0 radical (unpaired) electrons. The third kappa shape index (κ3) is 3.86. The lowest BCUT2D eigenvalue weighted by Crippen LogP contribution is -2.29. The van der Waals surface area contributed by atoms with Crippen molar-refractivity contribution in [1.29, 1.82) is 0 Å². The van der Waals surface area contributed by atoms with Crippen molar-refractivity contribution in [3.05, 3.63) is 100 Å². The Bertz CT molecular complexity index is 1490. The number of rotatable bonds is 5. The molecule has 5 rings (SSSR count). The summed E-state index contributed by atoms with van der Waals surface area (Å²) in [5, 5.41) is 12.7. The summed E-state index contributed by atoms with van der Waals surface area (Å²) in [4.78, 5) is 31.6. The number of aromatic amines is 1. The van der Waals surface area contributed by atoms with Gasteiger partial charge in [0.1, 0.15) is 11.5 Å². The van der Waals surface area contributed by atoms with Crippen molar-refractivity contribution in [2.45, 2.75) is 19.9 Å². The number of halogens is 1. The van der Waals surface area contributed by atoms with Crippen molar-refractivity contribution in [2.75, 3.05) is 11.5 Å². The lowest BCUT2D eigenvalue weighted by Gasteiger charge is -2.26. The Morgan fingerprint density at radius 3 is 2.51 bits per heavy atom. The fourth-order valence-electron chi connectivity index (χ4n) is 4.68. The van der Waals surface area contributed by atoms with Crippen LogP contribution in [0.25, 0.3) is 16.7 Å². The predicted octanol–water partition coefficient (Wildman–Crippen LogP) is 6.15. The quantitative estimate of drug-likeness (QED) is 0.201. The number of carbonyl (C=O) groups excluding carboxylic acids is 2. The molecule has 6 nitrogen and oxygen atoms in total. The van der Waals surface area contributed by atoms with Crippen LogP contribution in [-0.2, 0) is 9.59 Å². The largest absolute Gasteiger partial charge is 0.507 e. The number of para-hydroxylation sites is 1. The second-order valence-electron chi connectivity index (χ2n) is 8.32. The van der Waals surface area contributed by atoms with Gasteiger partial charge in [-0.1, -0.05) is 35.9 Å². The number of H-pyrrole nitrogens is 1. The van der Waals surface area contributed by atoms with Gasteiger partial charge in [0, 0.05) is 38.4 Å². The van der Waals surface area contributed by atoms with Crippen LogP contribution in [0.3, 0.4) is 0 Å². The molecule has 0 aliphatic carbocycles. The van der Waals surface area contributed by atoms with E-state index < -0.39 is 17.7 Å². The molecule has 1 aliphatic rings. The van der Waals surface area contributed by atoms with E-state index in [1.165, 1.54) is 4.90 Å². The lowest BCUT2D eigenvalue weighted by molar-refractivity contribution is -0.132. The maximum Gasteiger partial charge on any atom is 0.300 e. The van der Waals surface area contributed by atoms with E-state index in [-0.39, 0.29) is 11.3 Å². The number of amides is 1. The zero-order valence-electron chi connectivity index (χ0n) is 19.2. The fraction of sp³-hybridized carbons (Fsp3) is 0.143. The normalized spacial score (nSPS) is 17.3. The Morgan fingerprint density at radius 2 is 1.80 bits per heavy atom. The van der Waals surface area contributed by atoms with Crippen LogP contribution in [0.1, 0.15) is 29.8 Å². The number of aliphatic hydroxyl groups excluding tert-OH is 1. The van der Waals surface area contributed by atoms with Crippen molar-refractivity contribution in [3.8, 4) is 5.75 Å². The molecule has 1 atom stereocenters. The molecule has 1 amide bonds. The van der Waals surface area contributed by atoms with E-state index in [9.17, 15) is 14.7 Å². The van der Waals surface area contributed by atoms with Crippen molar-refractivity contribution >= 4 is 45.6 Å². The molecule has 1 aromatic heterocycles. The first kappa shape index (κ1) is 22.7. The Labute approximate surface area is 207 Å². The number of nitrogens with one attached hydrogen (secondary N) is 1. The smallest absolute Gasteiger partial charge is 0.300 e.